The molecule has 2 rings (SSSR count). The molecule has 0 unspecified atom stereocenters. The van der Waals surface area contributed by atoms with Gasteiger partial charge in [-0.3, -0.25) is 4.79 Å². The number of piperazine rings is 1. The molecule has 1 amide bonds. The van der Waals surface area contributed by atoms with Gasteiger partial charge in [0, 0.05) is 36.8 Å². The summed E-state index contributed by atoms with van der Waals surface area (Å²) in [4.78, 5) is 16.3. The number of nitrogens with zero attached hydrogens (tertiary/aromatic N) is 2. The van der Waals surface area contributed by atoms with E-state index in [4.69, 9.17) is 5.73 Å². The van der Waals surface area contributed by atoms with Gasteiger partial charge in [-0.05, 0) is 31.5 Å². The SMILES string of the molecule is CN1CCN(c2cc(Br)ccc2CN)C(C)(C)C1=O. The minimum absolute atomic E-state index is 0.140. The minimum Gasteiger partial charge on any atom is -0.355 e. The van der Waals surface area contributed by atoms with Crippen LogP contribution in [-0.4, -0.2) is 36.5 Å². The number of anilines is 1. The fourth-order valence-electron chi connectivity index (χ4n) is 2.60. The largest absolute Gasteiger partial charge is 0.355 e. The Hall–Kier alpha value is -1.07. The maximum absolute atomic E-state index is 12.4. The van der Waals surface area contributed by atoms with Gasteiger partial charge in [0.2, 0.25) is 5.91 Å². The topological polar surface area (TPSA) is 49.6 Å². The monoisotopic (exact) mass is 325 g/mol. The number of benzene rings is 1. The van der Waals surface area contributed by atoms with Gasteiger partial charge in [-0.25, -0.2) is 0 Å². The molecule has 0 bridgehead atoms. The summed E-state index contributed by atoms with van der Waals surface area (Å²) in [6, 6.07) is 6.04. The smallest absolute Gasteiger partial charge is 0.247 e. The molecule has 0 spiro atoms. The Kier molecular flexibility index (Phi) is 3.87. The average Bonchev–Trinajstić information content (AvgIpc) is 2.36. The van der Waals surface area contributed by atoms with Crippen LogP contribution >= 0.6 is 15.9 Å². The third-order valence-electron chi connectivity index (χ3n) is 3.76. The van der Waals surface area contributed by atoms with Gasteiger partial charge in [0.1, 0.15) is 5.54 Å². The molecule has 1 heterocycles. The summed E-state index contributed by atoms with van der Waals surface area (Å²) in [5.41, 5.74) is 7.38. The van der Waals surface area contributed by atoms with E-state index in [0.29, 0.717) is 6.54 Å². The van der Waals surface area contributed by atoms with Crippen LogP contribution in [0, 0.1) is 0 Å². The highest BCUT2D eigenvalue weighted by molar-refractivity contribution is 9.10. The van der Waals surface area contributed by atoms with Gasteiger partial charge in [0.25, 0.3) is 0 Å². The van der Waals surface area contributed by atoms with Crippen molar-refractivity contribution in [2.45, 2.75) is 25.9 Å². The lowest BCUT2D eigenvalue weighted by Crippen LogP contribution is -2.62. The van der Waals surface area contributed by atoms with E-state index in [1.54, 1.807) is 4.90 Å². The van der Waals surface area contributed by atoms with Crippen LogP contribution in [-0.2, 0) is 11.3 Å². The third-order valence-corrected chi connectivity index (χ3v) is 4.26. The zero-order valence-corrected chi connectivity index (χ0v) is 13.2. The highest BCUT2D eigenvalue weighted by atomic mass is 79.9. The van der Waals surface area contributed by atoms with E-state index in [0.717, 1.165) is 28.8 Å². The number of rotatable bonds is 2. The van der Waals surface area contributed by atoms with Crippen LogP contribution in [0.2, 0.25) is 0 Å². The fraction of sp³-hybridized carbons (Fsp3) is 0.500. The summed E-state index contributed by atoms with van der Waals surface area (Å²) in [6.07, 6.45) is 0. The van der Waals surface area contributed by atoms with E-state index in [-0.39, 0.29) is 5.91 Å². The van der Waals surface area contributed by atoms with Crippen molar-refractivity contribution >= 4 is 27.5 Å². The molecular weight excluding hydrogens is 306 g/mol. The first-order valence-corrected chi connectivity index (χ1v) is 7.19. The van der Waals surface area contributed by atoms with Crippen LogP contribution in [0.15, 0.2) is 22.7 Å². The molecule has 0 saturated carbocycles. The number of halogens is 1. The summed E-state index contributed by atoms with van der Waals surface area (Å²) < 4.78 is 1.00. The van der Waals surface area contributed by atoms with Crippen LogP contribution in [0.4, 0.5) is 5.69 Å². The van der Waals surface area contributed by atoms with Crippen LogP contribution in [0.5, 0.6) is 0 Å². The summed E-state index contributed by atoms with van der Waals surface area (Å²) in [5.74, 6) is 0.140. The second-order valence-electron chi connectivity index (χ2n) is 5.41. The lowest BCUT2D eigenvalue weighted by molar-refractivity contribution is -0.136. The van der Waals surface area contributed by atoms with Crippen LogP contribution in [0.25, 0.3) is 0 Å². The second kappa shape index (κ2) is 5.13. The lowest BCUT2D eigenvalue weighted by Gasteiger charge is -2.46. The lowest BCUT2D eigenvalue weighted by atomic mass is 9.95. The van der Waals surface area contributed by atoms with Crippen LogP contribution < -0.4 is 10.6 Å². The van der Waals surface area contributed by atoms with Crippen molar-refractivity contribution in [1.82, 2.24) is 4.90 Å². The molecule has 0 aromatic heterocycles. The van der Waals surface area contributed by atoms with Gasteiger partial charge in [-0.2, -0.15) is 0 Å². The number of hydrogen-bond acceptors (Lipinski definition) is 3. The fourth-order valence-corrected chi connectivity index (χ4v) is 2.95. The predicted octanol–water partition coefficient (Wildman–Crippen LogP) is 1.96. The van der Waals surface area contributed by atoms with Crippen molar-refractivity contribution in [2.24, 2.45) is 5.73 Å². The number of carbonyl (C=O) groups excluding carboxylic acids is 1. The first-order chi connectivity index (χ1) is 8.87. The molecule has 104 valence electrons. The standard InChI is InChI=1S/C14H20BrN3O/c1-14(2)13(19)17(3)6-7-18(14)12-8-11(15)5-4-10(12)9-16/h4-5,8H,6-7,9,16H2,1-3H3. The summed E-state index contributed by atoms with van der Waals surface area (Å²) in [6.45, 7) is 5.95. The number of hydrogen-bond donors (Lipinski definition) is 1. The molecule has 19 heavy (non-hydrogen) atoms. The first kappa shape index (κ1) is 14.3. The van der Waals surface area contributed by atoms with E-state index < -0.39 is 5.54 Å². The molecule has 0 aliphatic carbocycles. The summed E-state index contributed by atoms with van der Waals surface area (Å²) >= 11 is 3.49. The Morgan fingerprint density at radius 1 is 1.37 bits per heavy atom. The Balaban J connectivity index is 2.46. The Morgan fingerprint density at radius 2 is 2.05 bits per heavy atom. The molecule has 1 saturated heterocycles. The Bertz CT molecular complexity index is 501. The van der Waals surface area contributed by atoms with E-state index in [1.165, 1.54) is 0 Å². The molecule has 5 heteroatoms. The highest BCUT2D eigenvalue weighted by Gasteiger charge is 2.41. The highest BCUT2D eigenvalue weighted by Crippen LogP contribution is 2.33. The molecule has 1 aliphatic heterocycles. The van der Waals surface area contributed by atoms with Crippen molar-refractivity contribution in [3.05, 3.63) is 28.2 Å². The van der Waals surface area contributed by atoms with E-state index in [9.17, 15) is 4.79 Å². The molecule has 1 aliphatic rings. The van der Waals surface area contributed by atoms with Crippen molar-refractivity contribution in [2.75, 3.05) is 25.0 Å². The maximum atomic E-state index is 12.4. The Labute approximate surface area is 122 Å². The molecule has 1 fully saturated rings. The average molecular weight is 326 g/mol. The summed E-state index contributed by atoms with van der Waals surface area (Å²) in [7, 11) is 1.85. The van der Waals surface area contributed by atoms with Crippen LogP contribution in [0.3, 0.4) is 0 Å². The van der Waals surface area contributed by atoms with Crippen molar-refractivity contribution in [1.29, 1.82) is 0 Å². The van der Waals surface area contributed by atoms with E-state index in [1.807, 2.05) is 39.1 Å². The number of nitrogens with two attached hydrogens (primary N) is 1. The van der Waals surface area contributed by atoms with Gasteiger partial charge in [-0.1, -0.05) is 22.0 Å². The molecular formula is C14H20BrN3O. The van der Waals surface area contributed by atoms with E-state index in [2.05, 4.69) is 20.8 Å². The molecule has 2 N–H and O–H groups in total. The molecule has 1 aromatic carbocycles. The third kappa shape index (κ3) is 2.49. The van der Waals surface area contributed by atoms with Crippen molar-refractivity contribution < 1.29 is 4.79 Å². The Morgan fingerprint density at radius 3 is 2.68 bits per heavy atom. The van der Waals surface area contributed by atoms with E-state index >= 15 is 0 Å². The zero-order valence-electron chi connectivity index (χ0n) is 11.6. The maximum Gasteiger partial charge on any atom is 0.247 e. The van der Waals surface area contributed by atoms with Gasteiger partial charge < -0.3 is 15.5 Å². The molecule has 1 aromatic rings. The summed E-state index contributed by atoms with van der Waals surface area (Å²) in [5, 5.41) is 0. The molecule has 0 radical (unpaired) electrons. The van der Waals surface area contributed by atoms with Gasteiger partial charge in [-0.15, -0.1) is 0 Å². The number of amides is 1. The van der Waals surface area contributed by atoms with Gasteiger partial charge in [0.15, 0.2) is 0 Å². The quantitative estimate of drug-likeness (QED) is 0.904. The zero-order chi connectivity index (χ0) is 14.2. The van der Waals surface area contributed by atoms with Gasteiger partial charge in [0.05, 0.1) is 0 Å². The first-order valence-electron chi connectivity index (χ1n) is 6.39. The molecule has 4 nitrogen and oxygen atoms in total. The molecule has 0 atom stereocenters. The second-order valence-corrected chi connectivity index (χ2v) is 6.33. The van der Waals surface area contributed by atoms with Crippen molar-refractivity contribution in [3.8, 4) is 0 Å². The minimum atomic E-state index is -0.544. The number of carbonyl (C=O) groups is 1. The van der Waals surface area contributed by atoms with Crippen LogP contribution in [0.1, 0.15) is 19.4 Å². The normalized spacial score (nSPS) is 18.9. The predicted molar refractivity (Wildman–Crippen MR) is 81.1 cm³/mol. The number of likely N-dealkylation sites (N-methyl/N-ethyl adjacent to an activating group) is 1. The van der Waals surface area contributed by atoms with Gasteiger partial charge >= 0.3 is 0 Å². The van der Waals surface area contributed by atoms with Crippen molar-refractivity contribution in [3.63, 3.8) is 0 Å².